The topological polar surface area (TPSA) is 305 Å². The first kappa shape index (κ1) is 69.2. The van der Waals surface area contributed by atoms with Crippen molar-refractivity contribution in [1.29, 1.82) is 5.26 Å². The van der Waals surface area contributed by atoms with Crippen molar-refractivity contribution in [3.63, 3.8) is 0 Å². The minimum atomic E-state index is -4.12. The van der Waals surface area contributed by atoms with Crippen LogP contribution < -0.4 is 29.1 Å². The minimum absolute atomic E-state index is 0.00412. The van der Waals surface area contributed by atoms with Crippen LogP contribution in [-0.2, 0) is 45.5 Å². The second-order valence-electron chi connectivity index (χ2n) is 23.4. The van der Waals surface area contributed by atoms with E-state index in [1.165, 1.54) is 28.2 Å². The van der Waals surface area contributed by atoms with Crippen LogP contribution in [0.2, 0.25) is 0 Å². The van der Waals surface area contributed by atoms with Crippen molar-refractivity contribution in [2.24, 2.45) is 10.2 Å². The maximum absolute atomic E-state index is 14.5. The molecule has 0 aliphatic carbocycles. The largest absolute Gasteiger partial charge is 0.338 e. The van der Waals surface area contributed by atoms with E-state index in [-0.39, 0.29) is 79.6 Å². The van der Waals surface area contributed by atoms with Crippen LogP contribution in [-0.4, -0.2) is 84.6 Å². The number of nitrogens with zero attached hydrogens (tertiary/aromatic N) is 9. The number of benzene rings is 4. The molecule has 0 spiro atoms. The molecular formula is C62H80N14O8S6. The van der Waals surface area contributed by atoms with Gasteiger partial charge in [-0.1, -0.05) is 109 Å². The van der Waals surface area contributed by atoms with E-state index in [1.807, 2.05) is 62.3 Å². The van der Waals surface area contributed by atoms with Crippen molar-refractivity contribution in [2.75, 3.05) is 36.4 Å². The van der Waals surface area contributed by atoms with E-state index in [0.29, 0.717) is 107 Å². The van der Waals surface area contributed by atoms with Gasteiger partial charge < -0.3 is 5.32 Å². The molecule has 0 saturated heterocycles. The van der Waals surface area contributed by atoms with Gasteiger partial charge in [0.25, 0.3) is 0 Å². The number of pyridine rings is 1. The Bertz CT molecular complexity index is 4580. The van der Waals surface area contributed by atoms with E-state index in [1.54, 1.807) is 82.0 Å². The fourth-order valence-corrected chi connectivity index (χ4v) is 18.0. The highest BCUT2D eigenvalue weighted by atomic mass is 32.2. The normalized spacial score (nSPS) is 12.7. The third-order valence-corrected chi connectivity index (χ3v) is 23.5. The third kappa shape index (κ3) is 14.8. The number of nitrogens with one attached hydrogen (secondary N) is 5. The Hall–Kier alpha value is -6.65. The van der Waals surface area contributed by atoms with E-state index in [2.05, 4.69) is 30.3 Å². The number of anilines is 5. The zero-order chi connectivity index (χ0) is 65.8. The molecule has 482 valence electrons. The maximum Gasteiger partial charge on any atom is 0.241 e. The highest BCUT2D eigenvalue weighted by Gasteiger charge is 2.33. The number of aryl methyl sites for hydroxylation is 5. The van der Waals surface area contributed by atoms with Crippen molar-refractivity contribution in [3.05, 3.63) is 105 Å². The average Bonchev–Trinajstić information content (AvgIpc) is 1.20. The zero-order valence-electron chi connectivity index (χ0n) is 53.4. The lowest BCUT2D eigenvalue weighted by molar-refractivity contribution is 0.559. The Morgan fingerprint density at radius 1 is 0.578 bits per heavy atom. The van der Waals surface area contributed by atoms with Gasteiger partial charge >= 0.3 is 0 Å². The second-order valence-corrected chi connectivity index (χ2v) is 32.3. The SMILES string of the molecule is CCCCNS(=O)(=O)c1ccc2nc(N(c3cc(C)c(/N=N/c4c(C#N)c(C(C)(C)C)nn4-c4nc5ccc(S(=O)(=O)NCCCC)cc5s4)c(Nc4c(C)cc(C)c(S(=O)(=O)NCCCC)c4C)n3)c3c(C)cc(C)c(S(=O)(=O)NCCCC)c3C)sc2c1. The summed E-state index contributed by atoms with van der Waals surface area (Å²) in [7, 11) is -16.0. The first-order valence-electron chi connectivity index (χ1n) is 30.0. The van der Waals surface area contributed by atoms with E-state index in [9.17, 15) is 38.9 Å². The smallest absolute Gasteiger partial charge is 0.241 e. The summed E-state index contributed by atoms with van der Waals surface area (Å²) in [6, 6.07) is 16.9. The molecule has 22 nitrogen and oxygen atoms in total. The van der Waals surface area contributed by atoms with Gasteiger partial charge in [-0.25, -0.2) is 67.5 Å². The number of azo groups is 1. The number of rotatable bonds is 28. The number of aromatic nitrogens is 5. The van der Waals surface area contributed by atoms with Crippen molar-refractivity contribution in [3.8, 4) is 11.2 Å². The summed E-state index contributed by atoms with van der Waals surface area (Å²) < 4.78 is 125. The number of hydrogen-bond donors (Lipinski definition) is 5. The molecule has 0 amide bonds. The highest BCUT2D eigenvalue weighted by Crippen LogP contribution is 2.47. The molecule has 90 heavy (non-hydrogen) atoms. The van der Waals surface area contributed by atoms with Gasteiger partial charge in [0.1, 0.15) is 23.1 Å². The molecular weight excluding hydrogens is 1260 g/mol. The summed E-state index contributed by atoms with van der Waals surface area (Å²) in [5.74, 6) is 0.261. The van der Waals surface area contributed by atoms with Crippen molar-refractivity contribution in [1.82, 2.24) is 43.6 Å². The second kappa shape index (κ2) is 28.1. The summed E-state index contributed by atoms with van der Waals surface area (Å²) in [6.45, 7) is 26.9. The molecule has 0 atom stereocenters. The Balaban J connectivity index is 1.41. The number of hydrogen-bond acceptors (Lipinski definition) is 19. The standard InChI is InChI=1S/C62H80N14O8S6/c1-15-19-27-64-87(77,78)44-23-25-47-49(34-44)85-60(68-47)75(54-39(7)32-41(9)56(43(54)11)90(83,84)67-30-22-18-4)51-33-38(6)53(58(70-51)71-52-37(5)31-40(8)55(42(52)10)89(81,82)66-29-21-17-3)72-73-59-46(36-63)57(62(12,13)14)74-76(59)61-69-48-26-24-45(35-50(48)86-61)88(79,80)65-28-20-16-2/h23-26,31-35,64-67H,15-22,27-30H2,1-14H3,(H,70,71)/b73-72+. The summed E-state index contributed by atoms with van der Waals surface area (Å²) in [5, 5.41) is 29.8. The molecule has 0 aliphatic rings. The molecule has 4 aromatic heterocycles. The van der Waals surface area contributed by atoms with E-state index in [4.69, 9.17) is 30.3 Å². The van der Waals surface area contributed by atoms with E-state index < -0.39 is 45.5 Å². The summed E-state index contributed by atoms with van der Waals surface area (Å²) in [4.78, 5) is 17.3. The number of thiazole rings is 2. The molecule has 8 rings (SSSR count). The van der Waals surface area contributed by atoms with Gasteiger partial charge in [-0.05, 0) is 156 Å². The molecule has 0 unspecified atom stereocenters. The van der Waals surface area contributed by atoms with Crippen LogP contribution in [0.5, 0.6) is 0 Å². The van der Waals surface area contributed by atoms with Gasteiger partial charge in [0.05, 0.1) is 51.4 Å². The molecule has 4 heterocycles. The van der Waals surface area contributed by atoms with Gasteiger partial charge in [-0.15, -0.1) is 10.2 Å². The molecule has 0 saturated carbocycles. The van der Waals surface area contributed by atoms with Crippen LogP contribution >= 0.6 is 22.7 Å². The molecule has 0 aliphatic heterocycles. The van der Waals surface area contributed by atoms with Crippen molar-refractivity contribution >= 4 is 123 Å². The molecule has 0 bridgehead atoms. The summed E-state index contributed by atoms with van der Waals surface area (Å²) in [5.41, 5.74) is 5.14. The number of sulfonamides is 4. The monoisotopic (exact) mass is 1340 g/mol. The Morgan fingerprint density at radius 2 is 1.07 bits per heavy atom. The number of fused-ring (bicyclic) bond motifs is 2. The van der Waals surface area contributed by atoms with Crippen molar-refractivity contribution < 1.29 is 33.7 Å². The van der Waals surface area contributed by atoms with Gasteiger partial charge in [0.2, 0.25) is 45.2 Å². The van der Waals surface area contributed by atoms with Gasteiger partial charge in [0, 0.05) is 37.3 Å². The fraction of sp³-hybridized carbons (Fsp3) is 0.435. The van der Waals surface area contributed by atoms with E-state index in [0.717, 1.165) is 37.0 Å². The van der Waals surface area contributed by atoms with E-state index >= 15 is 0 Å². The number of unbranched alkanes of at least 4 members (excludes halogenated alkanes) is 4. The van der Waals surface area contributed by atoms with Crippen molar-refractivity contribution in [2.45, 2.75) is 173 Å². The quantitative estimate of drug-likeness (QED) is 0.0225. The highest BCUT2D eigenvalue weighted by molar-refractivity contribution is 7.90. The predicted octanol–water partition coefficient (Wildman–Crippen LogP) is 13.8. The Kier molecular flexibility index (Phi) is 21.6. The third-order valence-electron chi connectivity index (χ3n) is 15.1. The molecule has 5 N–H and O–H groups in total. The Labute approximate surface area is 537 Å². The van der Waals surface area contributed by atoms with Crippen LogP contribution in [0.25, 0.3) is 25.6 Å². The Morgan fingerprint density at radius 3 is 1.58 bits per heavy atom. The lowest BCUT2D eigenvalue weighted by Gasteiger charge is -2.28. The van der Waals surface area contributed by atoms with Gasteiger partial charge in [-0.2, -0.15) is 15.0 Å². The van der Waals surface area contributed by atoms with Crippen LogP contribution in [0.1, 0.15) is 150 Å². The summed E-state index contributed by atoms with van der Waals surface area (Å²) in [6.07, 6.45) is 5.66. The molecule has 8 aromatic rings. The molecule has 0 fully saturated rings. The summed E-state index contributed by atoms with van der Waals surface area (Å²) >= 11 is 2.32. The number of nitriles is 1. The van der Waals surface area contributed by atoms with Crippen LogP contribution in [0.15, 0.2) is 84.4 Å². The lowest BCUT2D eigenvalue weighted by Crippen LogP contribution is -2.27. The van der Waals surface area contributed by atoms with Crippen LogP contribution in [0.4, 0.5) is 39.6 Å². The lowest BCUT2D eigenvalue weighted by atomic mass is 9.90. The first-order chi connectivity index (χ1) is 42.4. The average molecular weight is 1340 g/mol. The zero-order valence-corrected chi connectivity index (χ0v) is 58.3. The van der Waals surface area contributed by atoms with Crippen LogP contribution in [0, 0.1) is 59.8 Å². The fourth-order valence-electron chi connectivity index (χ4n) is 10.6. The predicted molar refractivity (Wildman–Crippen MR) is 360 cm³/mol. The first-order valence-corrected chi connectivity index (χ1v) is 37.6. The van der Waals surface area contributed by atoms with Crippen LogP contribution in [0.3, 0.4) is 0 Å². The molecule has 28 heteroatoms. The van der Waals surface area contributed by atoms with Gasteiger partial charge in [-0.3, -0.25) is 4.90 Å². The molecule has 0 radical (unpaired) electrons. The maximum atomic E-state index is 14.5. The van der Waals surface area contributed by atoms with Gasteiger partial charge in [0.15, 0.2) is 16.8 Å². The minimum Gasteiger partial charge on any atom is -0.338 e. The molecule has 4 aromatic carbocycles.